The third-order valence-corrected chi connectivity index (χ3v) is 3.27. The van der Waals surface area contributed by atoms with Gasteiger partial charge in [0.05, 0.1) is 5.41 Å². The van der Waals surface area contributed by atoms with E-state index in [1.165, 1.54) is 13.1 Å². The SMILES string of the molecule is CN(CC(=O)O)C(=O)C1(c2ccccc2F)CC1. The molecule has 0 atom stereocenters. The number of amides is 1. The number of hydrogen-bond acceptors (Lipinski definition) is 2. The number of carbonyl (C=O) groups excluding carboxylic acids is 1. The Balaban J connectivity index is 2.25. The highest BCUT2D eigenvalue weighted by Crippen LogP contribution is 2.50. The van der Waals surface area contributed by atoms with Gasteiger partial charge >= 0.3 is 5.97 Å². The summed E-state index contributed by atoms with van der Waals surface area (Å²) in [4.78, 5) is 23.9. The summed E-state index contributed by atoms with van der Waals surface area (Å²) in [6.45, 7) is -0.366. The van der Waals surface area contributed by atoms with Crippen LogP contribution in [0.3, 0.4) is 0 Å². The van der Waals surface area contributed by atoms with Gasteiger partial charge in [-0.15, -0.1) is 0 Å². The van der Waals surface area contributed by atoms with Gasteiger partial charge in [-0.05, 0) is 18.9 Å². The normalized spacial score (nSPS) is 16.1. The van der Waals surface area contributed by atoms with Crippen LogP contribution in [0.4, 0.5) is 4.39 Å². The molecule has 0 heterocycles. The molecule has 1 aromatic carbocycles. The molecule has 1 saturated carbocycles. The van der Waals surface area contributed by atoms with Gasteiger partial charge in [-0.2, -0.15) is 0 Å². The molecule has 96 valence electrons. The van der Waals surface area contributed by atoms with E-state index in [1.807, 2.05) is 0 Å². The van der Waals surface area contributed by atoms with E-state index < -0.39 is 17.2 Å². The van der Waals surface area contributed by atoms with Gasteiger partial charge in [0.15, 0.2) is 0 Å². The molecule has 0 spiro atoms. The molecule has 0 unspecified atom stereocenters. The van der Waals surface area contributed by atoms with Crippen LogP contribution in [-0.4, -0.2) is 35.5 Å². The van der Waals surface area contributed by atoms with Crippen molar-refractivity contribution in [2.75, 3.05) is 13.6 Å². The summed E-state index contributed by atoms with van der Waals surface area (Å²) in [7, 11) is 1.43. The summed E-state index contributed by atoms with van der Waals surface area (Å²) in [5.41, 5.74) is -0.484. The number of hydrogen-bond donors (Lipinski definition) is 1. The highest BCUT2D eigenvalue weighted by Gasteiger charge is 2.53. The Morgan fingerprint density at radius 3 is 2.50 bits per heavy atom. The van der Waals surface area contributed by atoms with Gasteiger partial charge in [-0.25, -0.2) is 4.39 Å². The molecule has 1 fully saturated rings. The number of carboxylic acid groups (broad SMARTS) is 1. The second-order valence-electron chi connectivity index (χ2n) is 4.62. The van der Waals surface area contributed by atoms with Gasteiger partial charge in [0.1, 0.15) is 12.4 Å². The standard InChI is InChI=1S/C13H14FNO3/c1-15(8-11(16)17)12(18)13(6-7-13)9-4-2-3-5-10(9)14/h2-5H,6-8H2,1H3,(H,16,17). The summed E-state index contributed by atoms with van der Waals surface area (Å²) in [5, 5.41) is 8.68. The fraction of sp³-hybridized carbons (Fsp3) is 0.385. The predicted octanol–water partition coefficient (Wildman–Crippen LogP) is 1.40. The van der Waals surface area contributed by atoms with E-state index in [-0.39, 0.29) is 12.5 Å². The molecule has 0 aromatic heterocycles. The fourth-order valence-electron chi connectivity index (χ4n) is 2.21. The van der Waals surface area contributed by atoms with Crippen LogP contribution in [0.15, 0.2) is 24.3 Å². The average Bonchev–Trinajstić information content (AvgIpc) is 3.09. The zero-order chi connectivity index (χ0) is 13.3. The molecule has 1 amide bonds. The van der Waals surface area contributed by atoms with Crippen LogP contribution < -0.4 is 0 Å². The minimum absolute atomic E-state index is 0.324. The maximum Gasteiger partial charge on any atom is 0.323 e. The highest BCUT2D eigenvalue weighted by molar-refractivity contribution is 5.93. The number of carbonyl (C=O) groups is 2. The molecule has 5 heteroatoms. The van der Waals surface area contributed by atoms with Gasteiger partial charge in [0, 0.05) is 12.6 Å². The third-order valence-electron chi connectivity index (χ3n) is 3.27. The van der Waals surface area contributed by atoms with E-state index in [9.17, 15) is 14.0 Å². The zero-order valence-electron chi connectivity index (χ0n) is 10.0. The molecule has 0 saturated heterocycles. The second kappa shape index (κ2) is 4.40. The molecule has 1 aliphatic rings. The van der Waals surface area contributed by atoms with Crippen LogP contribution in [0.25, 0.3) is 0 Å². The topological polar surface area (TPSA) is 57.6 Å². The Hall–Kier alpha value is -1.91. The van der Waals surface area contributed by atoms with E-state index >= 15 is 0 Å². The number of benzene rings is 1. The fourth-order valence-corrected chi connectivity index (χ4v) is 2.21. The summed E-state index contributed by atoms with van der Waals surface area (Å²) in [6, 6.07) is 6.16. The highest BCUT2D eigenvalue weighted by atomic mass is 19.1. The minimum Gasteiger partial charge on any atom is -0.480 e. The number of carboxylic acids is 1. The number of rotatable bonds is 4. The van der Waals surface area contributed by atoms with Gasteiger partial charge < -0.3 is 10.0 Å². The van der Waals surface area contributed by atoms with E-state index in [1.54, 1.807) is 18.2 Å². The quantitative estimate of drug-likeness (QED) is 0.880. The van der Waals surface area contributed by atoms with E-state index in [0.29, 0.717) is 18.4 Å². The molecule has 1 aliphatic carbocycles. The second-order valence-corrected chi connectivity index (χ2v) is 4.62. The molecular weight excluding hydrogens is 237 g/mol. The van der Waals surface area contributed by atoms with Crippen LogP contribution in [-0.2, 0) is 15.0 Å². The predicted molar refractivity (Wildman–Crippen MR) is 62.6 cm³/mol. The van der Waals surface area contributed by atoms with Crippen molar-refractivity contribution in [3.8, 4) is 0 Å². The van der Waals surface area contributed by atoms with E-state index in [0.717, 1.165) is 4.90 Å². The minimum atomic E-state index is -1.07. The molecule has 0 bridgehead atoms. The zero-order valence-corrected chi connectivity index (χ0v) is 10.0. The van der Waals surface area contributed by atoms with Crippen LogP contribution in [0.1, 0.15) is 18.4 Å². The molecule has 4 nitrogen and oxygen atoms in total. The first-order valence-corrected chi connectivity index (χ1v) is 5.70. The first-order valence-electron chi connectivity index (χ1n) is 5.70. The van der Waals surface area contributed by atoms with Crippen molar-refractivity contribution in [3.05, 3.63) is 35.6 Å². The van der Waals surface area contributed by atoms with Crippen molar-refractivity contribution in [2.45, 2.75) is 18.3 Å². The van der Waals surface area contributed by atoms with Gasteiger partial charge in [-0.3, -0.25) is 9.59 Å². The lowest BCUT2D eigenvalue weighted by molar-refractivity contribution is -0.144. The van der Waals surface area contributed by atoms with Crippen molar-refractivity contribution >= 4 is 11.9 Å². The first-order chi connectivity index (χ1) is 8.47. The number of likely N-dealkylation sites (N-methyl/N-ethyl adjacent to an activating group) is 1. The molecule has 18 heavy (non-hydrogen) atoms. The van der Waals surface area contributed by atoms with Crippen LogP contribution in [0.2, 0.25) is 0 Å². The maximum atomic E-state index is 13.7. The monoisotopic (exact) mass is 251 g/mol. The average molecular weight is 251 g/mol. The molecule has 1 aromatic rings. The van der Waals surface area contributed by atoms with Crippen LogP contribution in [0, 0.1) is 5.82 Å². The van der Waals surface area contributed by atoms with Gasteiger partial charge in [0.2, 0.25) is 5.91 Å². The lowest BCUT2D eigenvalue weighted by Crippen LogP contribution is -2.39. The molecule has 0 aliphatic heterocycles. The van der Waals surface area contributed by atoms with Crippen molar-refractivity contribution in [3.63, 3.8) is 0 Å². The lowest BCUT2D eigenvalue weighted by Gasteiger charge is -2.22. The Kier molecular flexibility index (Phi) is 3.07. The Morgan fingerprint density at radius 2 is 2.00 bits per heavy atom. The van der Waals surface area contributed by atoms with Crippen LogP contribution >= 0.6 is 0 Å². The number of aliphatic carboxylic acids is 1. The Labute approximate surface area is 104 Å². The Bertz CT molecular complexity index is 497. The third kappa shape index (κ3) is 2.08. The Morgan fingerprint density at radius 1 is 1.39 bits per heavy atom. The van der Waals surface area contributed by atoms with E-state index in [4.69, 9.17) is 5.11 Å². The first kappa shape index (κ1) is 12.5. The maximum absolute atomic E-state index is 13.7. The summed E-state index contributed by atoms with van der Waals surface area (Å²) < 4.78 is 13.7. The summed E-state index contributed by atoms with van der Waals surface area (Å²) in [6.07, 6.45) is 1.13. The largest absolute Gasteiger partial charge is 0.480 e. The van der Waals surface area contributed by atoms with Crippen LogP contribution in [0.5, 0.6) is 0 Å². The number of nitrogens with zero attached hydrogens (tertiary/aromatic N) is 1. The van der Waals surface area contributed by atoms with Crippen molar-refractivity contribution in [2.24, 2.45) is 0 Å². The lowest BCUT2D eigenvalue weighted by atomic mass is 9.94. The van der Waals surface area contributed by atoms with Gasteiger partial charge in [-0.1, -0.05) is 18.2 Å². The molecule has 1 N–H and O–H groups in total. The van der Waals surface area contributed by atoms with Gasteiger partial charge in [0.25, 0.3) is 0 Å². The smallest absolute Gasteiger partial charge is 0.323 e. The molecule has 0 radical (unpaired) electrons. The van der Waals surface area contributed by atoms with Crippen molar-refractivity contribution in [1.82, 2.24) is 4.90 Å². The number of halogens is 1. The van der Waals surface area contributed by atoms with Crippen molar-refractivity contribution < 1.29 is 19.1 Å². The summed E-state index contributed by atoms with van der Waals surface area (Å²) in [5.74, 6) is -1.81. The van der Waals surface area contributed by atoms with E-state index in [2.05, 4.69) is 0 Å². The molecular formula is C13H14FNO3. The summed E-state index contributed by atoms with van der Waals surface area (Å²) >= 11 is 0. The van der Waals surface area contributed by atoms with Crippen molar-refractivity contribution in [1.29, 1.82) is 0 Å². The molecule has 2 rings (SSSR count).